The lowest BCUT2D eigenvalue weighted by Gasteiger charge is -2.26. The highest BCUT2D eigenvalue weighted by atomic mass is 35.5. The van der Waals surface area contributed by atoms with E-state index in [9.17, 15) is 15.1 Å². The van der Waals surface area contributed by atoms with Crippen LogP contribution in [0.5, 0.6) is 11.5 Å². The smallest absolute Gasteiger partial charge is 0.328 e. The number of thioether (sulfide) groups is 2. The Morgan fingerprint density at radius 1 is 0.447 bits per heavy atom. The largest absolute Gasteiger partial charge is 0.458 e. The third-order valence-electron chi connectivity index (χ3n) is 25.4. The van der Waals surface area contributed by atoms with Gasteiger partial charge in [-0.15, -0.1) is 23.5 Å². The van der Waals surface area contributed by atoms with Crippen molar-refractivity contribution in [1.82, 2.24) is 13.7 Å². The van der Waals surface area contributed by atoms with Crippen molar-refractivity contribution in [3.63, 3.8) is 0 Å². The number of rotatable bonds is 19. The predicted octanol–water partition coefficient (Wildman–Crippen LogP) is 21.2. The van der Waals surface area contributed by atoms with Gasteiger partial charge in [-0.05, 0) is 251 Å². The first-order valence-electron chi connectivity index (χ1n) is 45.3. The molecular formula is C108H99B6Cl2N7O7S2. The van der Waals surface area contributed by atoms with Gasteiger partial charge in [0.25, 0.3) is 0 Å². The molecule has 0 radical (unpaired) electrons. The third-order valence-corrected chi connectivity index (χ3v) is 28.0. The zero-order chi connectivity index (χ0) is 91.1. The van der Waals surface area contributed by atoms with Crippen LogP contribution in [0.3, 0.4) is 0 Å². The average Bonchev–Trinajstić information content (AvgIpc) is 1.63. The van der Waals surface area contributed by atoms with Gasteiger partial charge in [0, 0.05) is 115 Å². The van der Waals surface area contributed by atoms with Gasteiger partial charge < -0.3 is 52.4 Å². The number of nitrogens with zero attached hydrogens (tertiary/aromatic N) is 7. The minimum absolute atomic E-state index is 0.0636. The second kappa shape index (κ2) is 43.1. The second-order valence-corrected chi connectivity index (χ2v) is 37.4. The summed E-state index contributed by atoms with van der Waals surface area (Å²) in [5.74, 6) is 3.12. The van der Waals surface area contributed by atoms with Gasteiger partial charge in [0.05, 0.1) is 55.1 Å². The van der Waals surface area contributed by atoms with Crippen molar-refractivity contribution in [1.29, 1.82) is 10.5 Å². The molecule has 0 unspecified atom stereocenters. The lowest BCUT2D eigenvalue weighted by Crippen LogP contribution is -2.27. The molecule has 0 atom stereocenters. The number of halogens is 2. The predicted molar refractivity (Wildman–Crippen MR) is 552 cm³/mol. The van der Waals surface area contributed by atoms with Crippen molar-refractivity contribution < 1.29 is 33.8 Å². The number of ether oxygens (including phenoxy) is 1. The maximum Gasteiger partial charge on any atom is 0.328 e. The topological polar surface area (TPSA) is 168 Å². The number of hydrogen-bond acceptors (Lipinski definition) is 12. The number of aromatic nitrogens is 3. The van der Waals surface area contributed by atoms with Crippen LogP contribution in [0.4, 0.5) is 11.4 Å². The van der Waals surface area contributed by atoms with E-state index >= 15 is 0 Å². The number of nitriles is 2. The van der Waals surface area contributed by atoms with Crippen molar-refractivity contribution in [2.45, 2.75) is 134 Å². The Balaban J connectivity index is 0.000000111. The zero-order valence-corrected chi connectivity index (χ0v) is 77.7. The van der Waals surface area contributed by atoms with Crippen LogP contribution in [0.2, 0.25) is 49.5 Å². The van der Waals surface area contributed by atoms with Gasteiger partial charge in [0.2, 0.25) is 0 Å². The zero-order valence-electron chi connectivity index (χ0n) is 74.5. The Kier molecular flexibility index (Phi) is 30.0. The molecule has 3 aromatic heterocycles. The fourth-order valence-electron chi connectivity index (χ4n) is 18.3. The van der Waals surface area contributed by atoms with Crippen LogP contribution in [-0.2, 0) is 79.0 Å². The molecule has 0 spiro atoms. The summed E-state index contributed by atoms with van der Waals surface area (Å²) in [6.45, 7) is 18.7. The van der Waals surface area contributed by atoms with Crippen LogP contribution in [0.25, 0.3) is 54.6 Å². The lowest BCUT2D eigenvalue weighted by molar-refractivity contribution is 0.333. The summed E-state index contributed by atoms with van der Waals surface area (Å²) < 4.78 is 29.4. The molecule has 0 fully saturated rings. The molecule has 132 heavy (non-hydrogen) atoms. The van der Waals surface area contributed by atoms with Crippen LogP contribution in [-0.4, -0.2) is 81.8 Å². The third kappa shape index (κ3) is 21.8. The van der Waals surface area contributed by atoms with Crippen LogP contribution in [0, 0.1) is 36.2 Å². The summed E-state index contributed by atoms with van der Waals surface area (Å²) in [7, 11) is 0. The van der Waals surface area contributed by atoms with E-state index in [-0.39, 0.29) is 41.5 Å². The van der Waals surface area contributed by atoms with E-state index in [1.807, 2.05) is 73.7 Å². The first-order valence-corrected chi connectivity index (χ1v) is 48.0. The van der Waals surface area contributed by atoms with Crippen LogP contribution >= 0.6 is 46.7 Å². The Hall–Kier alpha value is -12.0. The second-order valence-electron chi connectivity index (χ2n) is 34.2. The quantitative estimate of drug-likeness (QED) is 0.0304. The van der Waals surface area contributed by atoms with Crippen molar-refractivity contribution in [3.05, 3.63) is 386 Å². The van der Waals surface area contributed by atoms with Crippen molar-refractivity contribution in [3.8, 4) is 40.7 Å². The first kappa shape index (κ1) is 91.9. The molecule has 652 valence electrons. The summed E-state index contributed by atoms with van der Waals surface area (Å²) >= 11 is 15.6. The van der Waals surface area contributed by atoms with E-state index in [2.05, 4.69) is 281 Å². The molecular weight excluding hydrogens is 1710 g/mol. The van der Waals surface area contributed by atoms with Gasteiger partial charge in [-0.3, -0.25) is 0 Å². The highest BCUT2D eigenvalue weighted by Gasteiger charge is 2.32. The van der Waals surface area contributed by atoms with Gasteiger partial charge in [-0.2, -0.15) is 10.5 Å². The average molecular weight is 1810 g/mol. The molecule has 22 rings (SSSR count). The molecule has 0 aliphatic carbocycles. The normalized spacial score (nSPS) is 13.3. The number of aryl methyl sites for hydroxylation is 6. The molecule has 0 bridgehead atoms. The van der Waals surface area contributed by atoms with Gasteiger partial charge in [0.1, 0.15) is 11.5 Å². The molecule has 6 aliphatic heterocycles. The molecule has 14 nitrogen and oxygen atoms in total. The molecule has 0 amide bonds. The van der Waals surface area contributed by atoms with Crippen molar-refractivity contribution >= 4 is 165 Å². The van der Waals surface area contributed by atoms with Gasteiger partial charge in [-0.25, -0.2) is 4.85 Å². The summed E-state index contributed by atoms with van der Waals surface area (Å²) in [6, 6.07) is 102. The van der Waals surface area contributed by atoms with E-state index < -0.39 is 0 Å². The fourth-order valence-corrected chi connectivity index (χ4v) is 20.5. The summed E-state index contributed by atoms with van der Waals surface area (Å²) in [4.78, 5) is 8.13. The number of hydrogen-bond donors (Lipinski definition) is 3. The molecule has 0 saturated heterocycles. The van der Waals surface area contributed by atoms with E-state index in [1.54, 1.807) is 35.7 Å². The van der Waals surface area contributed by atoms with Crippen molar-refractivity contribution in [2.75, 3.05) is 16.4 Å². The van der Waals surface area contributed by atoms with E-state index in [0.29, 0.717) is 30.2 Å². The summed E-state index contributed by atoms with van der Waals surface area (Å²) in [5.41, 5.74) is 29.7. The van der Waals surface area contributed by atoms with E-state index in [1.165, 1.54) is 88.1 Å². The number of fused-ring (bicyclic) bond motifs is 9. The number of benzene rings is 13. The monoisotopic (exact) mass is 1810 g/mol. The lowest BCUT2D eigenvalue weighted by atomic mass is 9.63. The van der Waals surface area contributed by atoms with Gasteiger partial charge in [0.15, 0.2) is 5.69 Å². The highest BCUT2D eigenvalue weighted by molar-refractivity contribution is 7.99. The molecule has 24 heteroatoms. The fraction of sp³-hybridized carbons (Fsp3) is 0.194. The van der Waals surface area contributed by atoms with Crippen LogP contribution < -0.4 is 42.4 Å². The molecule has 0 saturated carbocycles. The Bertz CT molecular complexity index is 6730. The van der Waals surface area contributed by atoms with Gasteiger partial charge >= 0.3 is 41.5 Å². The SMILES string of the molecule is CB1OCc2ccc(CCc3ccccc3)cc21.CB1OCc2ccc(N(Cc3ccccc3)Cc3ccccc3)cc21.Cc1ccc2c(c1)c(SCCC#N)cn2-c1ccc2c(c1)B(O)CC2.N#CCCSc1cn(-c2ccc3c(c2)B(O)CC3)c2ccc(Cl)cc12.OB1CCc2ccc(-n3ccc4cc(Cl)ccc43)cc21.[C-]#[N+]c1ccc(Oc2cccc3c2B(C)OC3)cc1. The molecule has 16 aromatic rings. The molecule has 3 N–H and O–H groups in total. The Morgan fingerprint density at radius 3 is 1.48 bits per heavy atom. The minimum atomic E-state index is -0.365. The van der Waals surface area contributed by atoms with Crippen molar-refractivity contribution in [2.24, 2.45) is 0 Å². The van der Waals surface area contributed by atoms with Crippen LogP contribution in [0.15, 0.2) is 314 Å². The highest BCUT2D eigenvalue weighted by Crippen LogP contribution is 2.38. The van der Waals surface area contributed by atoms with E-state index in [0.717, 1.165) is 177 Å². The van der Waals surface area contributed by atoms with Gasteiger partial charge in [-0.1, -0.05) is 230 Å². The number of anilines is 1. The molecule has 6 aliphatic rings. The summed E-state index contributed by atoms with van der Waals surface area (Å²) in [6.07, 6.45) is 14.9. The first-order chi connectivity index (χ1) is 64.5. The van der Waals surface area contributed by atoms with E-state index in [4.69, 9.17) is 59.0 Å². The summed E-state index contributed by atoms with van der Waals surface area (Å²) in [5, 5.41) is 52.9. The molecule has 9 heterocycles. The Labute approximate surface area is 794 Å². The molecule has 13 aromatic carbocycles. The maximum absolute atomic E-state index is 10.2. The minimum Gasteiger partial charge on any atom is -0.458 e. The Morgan fingerprint density at radius 2 is 0.924 bits per heavy atom. The maximum atomic E-state index is 10.2. The standard InChI is InChI=1S/C22H22BNO.C20H19BN2OS.C19H16BClN2OS.C16H13BClNO.C16H17BO.C15H12BNO2/c1-23-22-14-21(13-12-20(22)17-25-23)24(15-18-8-4-2-5-9-18)16-19-10-6-3-7-11-19;1-14-3-6-19-17(11-14)20(25-10-2-9-22)13-23(19)16-5-4-15-7-8-21(24)18(15)12-16;21-14-3-5-18-16(10-14)19(25-9-1-8-22)12-23(18)15-4-2-13-6-7-20(24)17(13)11-15;18-13-2-4-16-12(9-13)6-8-19(16)14-3-1-11-5-7-17(20)15(11)10-14;1-17-16-11-14(9-10-15(16)12-18-17)8-7-13-5-3-2-4-6-13;1-16-15-11(10-18-16)4-3-5-14(15)19-13-8-6-12(17-2)7-9-13/h2-14H,15-17H2,1H3;3-6,11-13,24H,2,7-8,10H2,1H3;2-5,10-12,24H,1,6-7,9H2;1-4,6,8-10,20H,5,7H2;2-6,9-11H,7-8,12H2,1H3;3-9H,10H2,1H3. The van der Waals surface area contributed by atoms with Crippen LogP contribution in [0.1, 0.15) is 74.0 Å².